The largest absolute Gasteiger partial charge is 0.455 e. The lowest BCUT2D eigenvalue weighted by atomic mass is 10.1. The van der Waals surface area contributed by atoms with E-state index in [0.29, 0.717) is 15.2 Å². The van der Waals surface area contributed by atoms with Crippen LogP contribution in [0.1, 0.15) is 34.1 Å². The van der Waals surface area contributed by atoms with Gasteiger partial charge >= 0.3 is 5.97 Å². The molecule has 0 fully saturated rings. The zero-order chi connectivity index (χ0) is 20.4. The summed E-state index contributed by atoms with van der Waals surface area (Å²) in [6.45, 7) is 5.41. The molecule has 3 aromatic rings. The molecule has 0 bridgehead atoms. The first-order chi connectivity index (χ1) is 13.3. The predicted octanol–water partition coefficient (Wildman–Crippen LogP) is 6.17. The number of benzene rings is 1. The Bertz CT molecular complexity index is 1050. The molecular formula is C19H16Cl2N2O3S2. The first-order valence-corrected chi connectivity index (χ1v) is 10.7. The summed E-state index contributed by atoms with van der Waals surface area (Å²) in [5, 5.41) is 2.27. The van der Waals surface area contributed by atoms with E-state index in [0.717, 1.165) is 28.2 Å². The van der Waals surface area contributed by atoms with Gasteiger partial charge in [0.25, 0.3) is 0 Å². The van der Waals surface area contributed by atoms with Crippen molar-refractivity contribution in [1.29, 1.82) is 0 Å². The van der Waals surface area contributed by atoms with Gasteiger partial charge in [0.1, 0.15) is 10.9 Å². The molecule has 1 amide bonds. The van der Waals surface area contributed by atoms with E-state index < -0.39 is 5.97 Å². The van der Waals surface area contributed by atoms with Gasteiger partial charge in [0.2, 0.25) is 5.91 Å². The number of carbonyl (C=O) groups is 2. The van der Waals surface area contributed by atoms with Crippen LogP contribution in [-0.2, 0) is 16.1 Å². The second kappa shape index (κ2) is 8.61. The zero-order valence-electron chi connectivity index (χ0n) is 15.3. The predicted molar refractivity (Wildman–Crippen MR) is 114 cm³/mol. The van der Waals surface area contributed by atoms with E-state index in [4.69, 9.17) is 27.9 Å². The van der Waals surface area contributed by atoms with Crippen LogP contribution in [0.25, 0.3) is 0 Å². The van der Waals surface area contributed by atoms with Crippen molar-refractivity contribution >= 4 is 68.6 Å². The van der Waals surface area contributed by atoms with Crippen LogP contribution < -0.4 is 4.90 Å². The third-order valence-electron chi connectivity index (χ3n) is 3.87. The summed E-state index contributed by atoms with van der Waals surface area (Å²) in [5.74, 6) is -0.718. The first-order valence-electron chi connectivity index (χ1n) is 8.20. The van der Waals surface area contributed by atoms with Gasteiger partial charge in [-0.05, 0) is 31.5 Å². The molecule has 0 radical (unpaired) electrons. The third kappa shape index (κ3) is 4.55. The minimum absolute atomic E-state index is 0.0300. The Morgan fingerprint density at radius 2 is 1.96 bits per heavy atom. The van der Waals surface area contributed by atoms with E-state index in [-0.39, 0.29) is 22.4 Å². The third-order valence-corrected chi connectivity index (χ3v) is 6.23. The van der Waals surface area contributed by atoms with E-state index in [9.17, 15) is 9.59 Å². The van der Waals surface area contributed by atoms with Crippen molar-refractivity contribution in [3.8, 4) is 0 Å². The molecule has 1 aromatic carbocycles. The van der Waals surface area contributed by atoms with Crippen molar-refractivity contribution < 1.29 is 14.3 Å². The normalized spacial score (nSPS) is 10.8. The van der Waals surface area contributed by atoms with Gasteiger partial charge in [0.15, 0.2) is 5.13 Å². The quantitative estimate of drug-likeness (QED) is 0.432. The minimum atomic E-state index is -0.569. The number of aromatic nitrogens is 1. The van der Waals surface area contributed by atoms with E-state index in [1.54, 1.807) is 10.3 Å². The van der Waals surface area contributed by atoms with Crippen LogP contribution in [0.2, 0.25) is 8.67 Å². The van der Waals surface area contributed by atoms with Crippen LogP contribution in [0.4, 0.5) is 10.8 Å². The summed E-state index contributed by atoms with van der Waals surface area (Å²) < 4.78 is 5.97. The van der Waals surface area contributed by atoms with Crippen molar-refractivity contribution in [2.24, 2.45) is 0 Å². The van der Waals surface area contributed by atoms with Crippen LogP contribution in [0.5, 0.6) is 0 Å². The molecule has 0 aliphatic rings. The van der Waals surface area contributed by atoms with E-state index in [1.165, 1.54) is 24.3 Å². The molecule has 0 saturated carbocycles. The maximum absolute atomic E-state index is 12.3. The lowest BCUT2D eigenvalue weighted by Gasteiger charge is -2.20. The lowest BCUT2D eigenvalue weighted by molar-refractivity contribution is -0.115. The molecule has 3 rings (SSSR count). The number of nitrogens with zero attached hydrogens (tertiary/aromatic N) is 2. The molecule has 9 heteroatoms. The number of hydrogen-bond acceptors (Lipinski definition) is 6. The number of halogens is 2. The van der Waals surface area contributed by atoms with Crippen molar-refractivity contribution in [2.45, 2.75) is 27.4 Å². The lowest BCUT2D eigenvalue weighted by Crippen LogP contribution is -2.23. The zero-order valence-corrected chi connectivity index (χ0v) is 18.4. The SMILES string of the molecule is CC(=O)N(c1nc(COC(=O)c2cc(Cl)sc2Cl)cs1)c1ccc(C)cc1C. The Balaban J connectivity index is 1.77. The highest BCUT2D eigenvalue weighted by Crippen LogP contribution is 2.33. The maximum atomic E-state index is 12.3. The number of ether oxygens (including phenoxy) is 1. The van der Waals surface area contributed by atoms with E-state index >= 15 is 0 Å². The van der Waals surface area contributed by atoms with Gasteiger partial charge in [0, 0.05) is 12.3 Å². The number of rotatable bonds is 5. The molecule has 0 aliphatic heterocycles. The molecular weight excluding hydrogens is 439 g/mol. The number of thiazole rings is 1. The van der Waals surface area contributed by atoms with Crippen LogP contribution in [0.3, 0.4) is 0 Å². The summed E-state index contributed by atoms with van der Waals surface area (Å²) in [7, 11) is 0. The van der Waals surface area contributed by atoms with Crippen LogP contribution >= 0.6 is 45.9 Å². The van der Waals surface area contributed by atoms with Crippen molar-refractivity contribution in [3.05, 3.63) is 60.7 Å². The van der Waals surface area contributed by atoms with Crippen molar-refractivity contribution in [3.63, 3.8) is 0 Å². The molecule has 0 aliphatic carbocycles. The highest BCUT2D eigenvalue weighted by Gasteiger charge is 2.21. The summed E-state index contributed by atoms with van der Waals surface area (Å²) in [6, 6.07) is 7.33. The molecule has 2 heterocycles. The molecule has 28 heavy (non-hydrogen) atoms. The molecule has 0 saturated heterocycles. The molecule has 0 unspecified atom stereocenters. The topological polar surface area (TPSA) is 59.5 Å². The number of carbonyl (C=O) groups excluding carboxylic acids is 2. The van der Waals surface area contributed by atoms with Gasteiger partial charge in [-0.2, -0.15) is 0 Å². The first kappa shape index (κ1) is 20.8. The summed E-state index contributed by atoms with van der Waals surface area (Å²) in [4.78, 5) is 30.4. The smallest absolute Gasteiger partial charge is 0.340 e. The second-order valence-corrected chi connectivity index (χ2v) is 9.20. The summed E-state index contributed by atoms with van der Waals surface area (Å²) in [5.41, 5.74) is 3.64. The summed E-state index contributed by atoms with van der Waals surface area (Å²) >= 11 is 14.2. The summed E-state index contributed by atoms with van der Waals surface area (Å²) in [6.07, 6.45) is 0. The van der Waals surface area contributed by atoms with Crippen LogP contribution in [0.15, 0.2) is 29.6 Å². The average Bonchev–Trinajstić information content (AvgIpc) is 3.21. The number of esters is 1. The fourth-order valence-electron chi connectivity index (χ4n) is 2.63. The fraction of sp³-hybridized carbons (Fsp3) is 0.211. The molecule has 2 aromatic heterocycles. The van der Waals surface area contributed by atoms with E-state index in [2.05, 4.69) is 4.98 Å². The van der Waals surface area contributed by atoms with Crippen molar-refractivity contribution in [2.75, 3.05) is 4.90 Å². The van der Waals surface area contributed by atoms with Gasteiger partial charge < -0.3 is 4.74 Å². The maximum Gasteiger partial charge on any atom is 0.340 e. The van der Waals surface area contributed by atoms with Gasteiger partial charge in [-0.25, -0.2) is 9.78 Å². The number of thiophene rings is 1. The van der Waals surface area contributed by atoms with Gasteiger partial charge in [-0.1, -0.05) is 40.9 Å². The standard InChI is InChI=1S/C19H16Cl2N2O3S2/c1-10-4-5-15(11(2)6-10)23(12(3)24)19-22-13(9-27-19)8-26-18(25)14-7-16(20)28-17(14)21/h4-7,9H,8H2,1-3H3. The van der Waals surface area contributed by atoms with Gasteiger partial charge in [-0.15, -0.1) is 22.7 Å². The molecule has 0 atom stereocenters. The Hall–Kier alpha value is -1.93. The highest BCUT2D eigenvalue weighted by molar-refractivity contribution is 7.20. The minimum Gasteiger partial charge on any atom is -0.455 e. The van der Waals surface area contributed by atoms with Crippen LogP contribution in [-0.4, -0.2) is 16.9 Å². The van der Waals surface area contributed by atoms with Crippen LogP contribution in [0, 0.1) is 13.8 Å². The Morgan fingerprint density at radius 1 is 1.21 bits per heavy atom. The Labute approximate surface area is 180 Å². The molecule has 0 spiro atoms. The highest BCUT2D eigenvalue weighted by atomic mass is 35.5. The number of amides is 1. The monoisotopic (exact) mass is 454 g/mol. The molecule has 0 N–H and O–H groups in total. The van der Waals surface area contributed by atoms with E-state index in [1.807, 2.05) is 32.0 Å². The van der Waals surface area contributed by atoms with Crippen molar-refractivity contribution in [1.82, 2.24) is 4.98 Å². The number of anilines is 2. The Morgan fingerprint density at radius 3 is 2.57 bits per heavy atom. The number of aryl methyl sites for hydroxylation is 2. The second-order valence-electron chi connectivity index (χ2n) is 6.08. The fourth-order valence-corrected chi connectivity index (χ4v) is 4.93. The van der Waals surface area contributed by atoms with Gasteiger partial charge in [-0.3, -0.25) is 9.69 Å². The Kier molecular flexibility index (Phi) is 6.40. The number of hydrogen-bond donors (Lipinski definition) is 0. The molecule has 5 nitrogen and oxygen atoms in total. The molecule has 146 valence electrons. The van der Waals surface area contributed by atoms with Gasteiger partial charge in [0.05, 0.1) is 21.3 Å². The average molecular weight is 455 g/mol.